The van der Waals surface area contributed by atoms with Gasteiger partial charge in [-0.1, -0.05) is 17.7 Å². The Morgan fingerprint density at radius 1 is 1.26 bits per heavy atom. The van der Waals surface area contributed by atoms with Gasteiger partial charge in [0.05, 0.1) is 5.41 Å². The Labute approximate surface area is 137 Å². The van der Waals surface area contributed by atoms with Gasteiger partial charge in [-0.25, -0.2) is 4.79 Å². The topological polar surface area (TPSA) is 69.6 Å². The number of urea groups is 1. The van der Waals surface area contributed by atoms with Crippen LogP contribution in [0.15, 0.2) is 12.1 Å². The van der Waals surface area contributed by atoms with Gasteiger partial charge in [0, 0.05) is 19.6 Å². The van der Waals surface area contributed by atoms with Crippen molar-refractivity contribution in [3.63, 3.8) is 0 Å². The molecule has 0 bridgehead atoms. The van der Waals surface area contributed by atoms with Crippen molar-refractivity contribution in [3.8, 4) is 0 Å². The quantitative estimate of drug-likeness (QED) is 0.896. The van der Waals surface area contributed by atoms with Crippen LogP contribution < -0.4 is 5.32 Å². The molecule has 5 nitrogen and oxygen atoms in total. The second-order valence-corrected chi connectivity index (χ2v) is 6.90. The van der Waals surface area contributed by atoms with Gasteiger partial charge >= 0.3 is 12.0 Å². The molecule has 2 rings (SSSR count). The number of nitrogens with zero attached hydrogens (tertiary/aromatic N) is 1. The number of carbonyl (C=O) groups excluding carboxylic acids is 1. The Kier molecular flexibility index (Phi) is 4.97. The van der Waals surface area contributed by atoms with Crippen molar-refractivity contribution in [3.05, 3.63) is 34.4 Å². The van der Waals surface area contributed by atoms with E-state index in [2.05, 4.69) is 38.2 Å². The first kappa shape index (κ1) is 17.3. The zero-order valence-corrected chi connectivity index (χ0v) is 14.4. The summed E-state index contributed by atoms with van der Waals surface area (Å²) in [5.41, 5.74) is 4.19. The molecular weight excluding hydrogens is 292 g/mol. The molecule has 5 heteroatoms. The number of carboxylic acid groups (broad SMARTS) is 1. The van der Waals surface area contributed by atoms with Gasteiger partial charge in [-0.15, -0.1) is 0 Å². The third-order valence-corrected chi connectivity index (χ3v) is 4.77. The Balaban J connectivity index is 1.88. The fourth-order valence-corrected chi connectivity index (χ4v) is 3.32. The normalized spacial score (nSPS) is 20.6. The van der Waals surface area contributed by atoms with Gasteiger partial charge in [0.15, 0.2) is 0 Å². The van der Waals surface area contributed by atoms with Crippen LogP contribution in [0.5, 0.6) is 0 Å². The number of carbonyl (C=O) groups is 2. The molecule has 0 aliphatic carbocycles. The molecule has 1 unspecified atom stereocenters. The maximum Gasteiger partial charge on any atom is 0.317 e. The Bertz CT molecular complexity index is 604. The van der Waals surface area contributed by atoms with E-state index in [0.717, 1.165) is 6.42 Å². The van der Waals surface area contributed by atoms with Gasteiger partial charge in [-0.05, 0) is 57.2 Å². The Hall–Kier alpha value is -2.04. The minimum atomic E-state index is -0.835. The maximum atomic E-state index is 12.2. The molecule has 126 valence electrons. The van der Waals surface area contributed by atoms with Crippen molar-refractivity contribution >= 4 is 12.0 Å². The molecule has 1 atom stereocenters. The lowest BCUT2D eigenvalue weighted by atomic mass is 9.90. The van der Waals surface area contributed by atoms with Crippen molar-refractivity contribution in [2.45, 2.75) is 40.5 Å². The maximum absolute atomic E-state index is 12.2. The number of rotatable bonds is 4. The molecule has 1 aromatic carbocycles. The smallest absolute Gasteiger partial charge is 0.317 e. The number of aliphatic carboxylic acids is 1. The summed E-state index contributed by atoms with van der Waals surface area (Å²) in [5, 5.41) is 12.1. The lowest BCUT2D eigenvalue weighted by Crippen LogP contribution is -2.41. The summed E-state index contributed by atoms with van der Waals surface area (Å²) in [7, 11) is 0. The average Bonchev–Trinajstić information content (AvgIpc) is 2.85. The first-order chi connectivity index (χ1) is 10.7. The van der Waals surface area contributed by atoms with Gasteiger partial charge in [-0.2, -0.15) is 0 Å². The largest absolute Gasteiger partial charge is 0.481 e. The van der Waals surface area contributed by atoms with Crippen molar-refractivity contribution in [2.24, 2.45) is 5.41 Å². The molecule has 1 aliphatic heterocycles. The molecule has 0 spiro atoms. The highest BCUT2D eigenvalue weighted by atomic mass is 16.4. The molecule has 1 fully saturated rings. The molecule has 23 heavy (non-hydrogen) atoms. The van der Waals surface area contributed by atoms with Crippen molar-refractivity contribution in [1.29, 1.82) is 0 Å². The Morgan fingerprint density at radius 2 is 1.87 bits per heavy atom. The highest BCUT2D eigenvalue weighted by Crippen LogP contribution is 2.29. The van der Waals surface area contributed by atoms with Crippen LogP contribution in [0.25, 0.3) is 0 Å². The summed E-state index contributed by atoms with van der Waals surface area (Å²) in [5.74, 6) is -0.835. The molecule has 0 aromatic heterocycles. The molecule has 1 aliphatic rings. The van der Waals surface area contributed by atoms with E-state index in [-0.39, 0.29) is 12.6 Å². The van der Waals surface area contributed by atoms with Crippen LogP contribution in [0.4, 0.5) is 4.79 Å². The number of hydrogen-bond acceptors (Lipinski definition) is 2. The van der Waals surface area contributed by atoms with E-state index < -0.39 is 11.4 Å². The van der Waals surface area contributed by atoms with Gasteiger partial charge < -0.3 is 15.3 Å². The molecule has 1 heterocycles. The molecule has 2 amide bonds. The first-order valence-corrected chi connectivity index (χ1v) is 8.06. The van der Waals surface area contributed by atoms with E-state index in [1.165, 1.54) is 22.3 Å². The summed E-state index contributed by atoms with van der Waals surface area (Å²) >= 11 is 0. The summed E-state index contributed by atoms with van der Waals surface area (Å²) < 4.78 is 0. The predicted molar refractivity (Wildman–Crippen MR) is 89.7 cm³/mol. The predicted octanol–water partition coefficient (Wildman–Crippen LogP) is 2.66. The van der Waals surface area contributed by atoms with E-state index in [1.807, 2.05) is 0 Å². The summed E-state index contributed by atoms with van der Waals surface area (Å²) in [6.07, 6.45) is 1.29. The van der Waals surface area contributed by atoms with Crippen LogP contribution in [-0.4, -0.2) is 41.6 Å². The van der Waals surface area contributed by atoms with E-state index >= 15 is 0 Å². The summed E-state index contributed by atoms with van der Waals surface area (Å²) in [6, 6.07) is 4.14. The highest BCUT2D eigenvalue weighted by Gasteiger charge is 2.42. The summed E-state index contributed by atoms with van der Waals surface area (Å²) in [6.45, 7) is 9.30. The van der Waals surface area contributed by atoms with Crippen molar-refractivity contribution in [2.75, 3.05) is 19.6 Å². The zero-order valence-electron chi connectivity index (χ0n) is 14.4. The average molecular weight is 318 g/mol. The summed E-state index contributed by atoms with van der Waals surface area (Å²) in [4.78, 5) is 25.0. The number of hydrogen-bond donors (Lipinski definition) is 2. The second kappa shape index (κ2) is 6.60. The second-order valence-electron chi connectivity index (χ2n) is 6.90. The fraction of sp³-hybridized carbons (Fsp3) is 0.556. The van der Waals surface area contributed by atoms with Crippen molar-refractivity contribution < 1.29 is 14.7 Å². The number of likely N-dealkylation sites (tertiary alicyclic amines) is 1. The lowest BCUT2D eigenvalue weighted by Gasteiger charge is -2.21. The SMILES string of the molecule is Cc1cc(C)c(CCNC(=O)N2CCC(C)(C(=O)O)C2)c(C)c1. The zero-order chi connectivity index (χ0) is 17.2. The van der Waals surface area contributed by atoms with Crippen LogP contribution >= 0.6 is 0 Å². The number of nitrogens with one attached hydrogen (secondary N) is 1. The van der Waals surface area contributed by atoms with Gasteiger partial charge in [0.25, 0.3) is 0 Å². The number of benzene rings is 1. The van der Waals surface area contributed by atoms with Gasteiger partial charge in [0.1, 0.15) is 0 Å². The highest BCUT2D eigenvalue weighted by molar-refractivity contribution is 5.79. The van der Waals surface area contributed by atoms with Crippen LogP contribution in [0.2, 0.25) is 0 Å². The van der Waals surface area contributed by atoms with Crippen LogP contribution in [0, 0.1) is 26.2 Å². The van der Waals surface area contributed by atoms with E-state index in [9.17, 15) is 14.7 Å². The molecule has 0 radical (unpaired) electrons. The fourth-order valence-electron chi connectivity index (χ4n) is 3.32. The van der Waals surface area contributed by atoms with E-state index in [0.29, 0.717) is 19.5 Å². The van der Waals surface area contributed by atoms with Crippen LogP contribution in [0.1, 0.15) is 35.6 Å². The molecule has 0 saturated carbocycles. The van der Waals surface area contributed by atoms with E-state index in [4.69, 9.17) is 0 Å². The molecule has 1 aromatic rings. The number of amides is 2. The minimum Gasteiger partial charge on any atom is -0.481 e. The van der Waals surface area contributed by atoms with E-state index in [1.54, 1.807) is 11.8 Å². The standard InChI is InChI=1S/C18H26N2O3/c1-12-9-13(2)15(14(3)10-12)5-7-19-17(23)20-8-6-18(4,11-20)16(21)22/h9-10H,5-8,11H2,1-4H3,(H,19,23)(H,21,22). The Morgan fingerprint density at radius 3 is 2.39 bits per heavy atom. The monoisotopic (exact) mass is 318 g/mol. The first-order valence-electron chi connectivity index (χ1n) is 8.06. The van der Waals surface area contributed by atoms with Crippen molar-refractivity contribution in [1.82, 2.24) is 10.2 Å². The van der Waals surface area contributed by atoms with Gasteiger partial charge in [0.2, 0.25) is 0 Å². The molecule has 1 saturated heterocycles. The number of aryl methyl sites for hydroxylation is 3. The van der Waals surface area contributed by atoms with Crippen LogP contribution in [-0.2, 0) is 11.2 Å². The lowest BCUT2D eigenvalue weighted by molar-refractivity contribution is -0.146. The van der Waals surface area contributed by atoms with Gasteiger partial charge in [-0.3, -0.25) is 4.79 Å². The van der Waals surface area contributed by atoms with Crippen LogP contribution in [0.3, 0.4) is 0 Å². The third-order valence-electron chi connectivity index (χ3n) is 4.77. The molecular formula is C18H26N2O3. The molecule has 2 N–H and O–H groups in total. The number of carboxylic acids is 1. The third kappa shape index (κ3) is 3.84. The minimum absolute atomic E-state index is 0.169.